The van der Waals surface area contributed by atoms with Gasteiger partial charge in [0.15, 0.2) is 0 Å². The van der Waals surface area contributed by atoms with Crippen molar-refractivity contribution in [1.29, 1.82) is 0 Å². The Kier molecular flexibility index (Phi) is 6.15. The minimum absolute atomic E-state index is 0.773. The van der Waals surface area contributed by atoms with Crippen LogP contribution in [0.1, 0.15) is 59.3 Å². The van der Waals surface area contributed by atoms with Crippen molar-refractivity contribution < 1.29 is 0 Å². The summed E-state index contributed by atoms with van der Waals surface area (Å²) in [6.45, 7) is 12.4. The van der Waals surface area contributed by atoms with Gasteiger partial charge in [0.05, 0.1) is 0 Å². The van der Waals surface area contributed by atoms with Crippen LogP contribution in [-0.2, 0) is 0 Å². The first-order chi connectivity index (χ1) is 9.16. The molecule has 2 unspecified atom stereocenters. The number of likely N-dealkylation sites (tertiary alicyclic amines) is 1. The molecule has 0 radical (unpaired) electrons. The Morgan fingerprint density at radius 1 is 0.947 bits per heavy atom. The van der Waals surface area contributed by atoms with Crippen LogP contribution in [0.2, 0.25) is 0 Å². The Bertz CT molecular complexity index is 236. The average molecular weight is 266 g/mol. The van der Waals surface area contributed by atoms with Crippen molar-refractivity contribution in [2.24, 2.45) is 17.8 Å². The quantitative estimate of drug-likeness (QED) is 0.766. The van der Waals surface area contributed by atoms with Gasteiger partial charge >= 0.3 is 0 Å². The molecule has 0 bridgehead atoms. The van der Waals surface area contributed by atoms with Crippen molar-refractivity contribution in [3.05, 3.63) is 0 Å². The van der Waals surface area contributed by atoms with Gasteiger partial charge < -0.3 is 10.2 Å². The topological polar surface area (TPSA) is 15.3 Å². The summed E-state index contributed by atoms with van der Waals surface area (Å²) in [4.78, 5) is 2.66. The number of piperidine rings is 1. The molecule has 2 heteroatoms. The maximum Gasteiger partial charge on any atom is 0.0118 e. The van der Waals surface area contributed by atoms with Crippen LogP contribution in [-0.4, -0.2) is 37.1 Å². The van der Waals surface area contributed by atoms with Crippen LogP contribution in [0.25, 0.3) is 0 Å². The summed E-state index contributed by atoms with van der Waals surface area (Å²) < 4.78 is 0. The van der Waals surface area contributed by atoms with Gasteiger partial charge in [0.1, 0.15) is 0 Å². The number of hydrogen-bond donors (Lipinski definition) is 1. The number of nitrogens with zero attached hydrogens (tertiary/aromatic N) is 1. The van der Waals surface area contributed by atoms with E-state index in [1.807, 2.05) is 0 Å². The van der Waals surface area contributed by atoms with Gasteiger partial charge in [-0.2, -0.15) is 0 Å². The lowest BCUT2D eigenvalue weighted by atomic mass is 9.79. The van der Waals surface area contributed by atoms with Crippen molar-refractivity contribution in [3.63, 3.8) is 0 Å². The van der Waals surface area contributed by atoms with E-state index < -0.39 is 0 Å². The van der Waals surface area contributed by atoms with Crippen molar-refractivity contribution in [1.82, 2.24) is 10.2 Å². The Labute approximate surface area is 120 Å². The molecule has 0 aromatic carbocycles. The highest BCUT2D eigenvalue weighted by Gasteiger charge is 2.26. The molecule has 2 nitrogen and oxygen atoms in total. The highest BCUT2D eigenvalue weighted by Crippen LogP contribution is 2.28. The lowest BCUT2D eigenvalue weighted by Gasteiger charge is -2.36. The van der Waals surface area contributed by atoms with E-state index >= 15 is 0 Å². The zero-order valence-electron chi connectivity index (χ0n) is 13.3. The highest BCUT2D eigenvalue weighted by atomic mass is 15.1. The summed E-state index contributed by atoms with van der Waals surface area (Å²) in [6, 6.07) is 0.773. The minimum Gasteiger partial charge on any atom is -0.313 e. The fourth-order valence-electron chi connectivity index (χ4n) is 3.94. The molecule has 1 saturated carbocycles. The van der Waals surface area contributed by atoms with Crippen molar-refractivity contribution in [3.8, 4) is 0 Å². The second kappa shape index (κ2) is 7.64. The largest absolute Gasteiger partial charge is 0.313 e. The maximum absolute atomic E-state index is 3.84. The van der Waals surface area contributed by atoms with Crippen LogP contribution in [0.3, 0.4) is 0 Å². The Morgan fingerprint density at radius 3 is 2.21 bits per heavy atom. The predicted molar refractivity (Wildman–Crippen MR) is 83.4 cm³/mol. The van der Waals surface area contributed by atoms with E-state index in [2.05, 4.69) is 31.0 Å². The molecular weight excluding hydrogens is 232 g/mol. The molecule has 112 valence electrons. The van der Waals surface area contributed by atoms with E-state index in [0.717, 1.165) is 23.8 Å². The lowest BCUT2D eigenvalue weighted by molar-refractivity contribution is 0.180. The first-order valence-corrected chi connectivity index (χ1v) is 8.62. The minimum atomic E-state index is 0.773. The van der Waals surface area contributed by atoms with Crippen LogP contribution in [0.15, 0.2) is 0 Å². The summed E-state index contributed by atoms with van der Waals surface area (Å²) in [5, 5.41) is 3.84. The van der Waals surface area contributed by atoms with Crippen molar-refractivity contribution in [2.45, 2.75) is 65.3 Å². The van der Waals surface area contributed by atoms with Crippen LogP contribution < -0.4 is 5.32 Å². The third-order valence-electron chi connectivity index (χ3n) is 5.45. The standard InChI is InChI=1S/C17H34N2/c1-14-8-12-19(13-9-14)11-5-10-18-17-15(2)6-4-7-16(17)3/h14-18H,4-13H2,1-3H3. The van der Waals surface area contributed by atoms with Crippen LogP contribution in [0.5, 0.6) is 0 Å². The molecule has 2 atom stereocenters. The zero-order chi connectivity index (χ0) is 13.7. The molecule has 1 N–H and O–H groups in total. The summed E-state index contributed by atoms with van der Waals surface area (Å²) in [7, 11) is 0. The first kappa shape index (κ1) is 15.3. The number of rotatable bonds is 5. The van der Waals surface area contributed by atoms with Gasteiger partial charge in [0.25, 0.3) is 0 Å². The van der Waals surface area contributed by atoms with Crippen LogP contribution in [0, 0.1) is 17.8 Å². The van der Waals surface area contributed by atoms with Gasteiger partial charge in [-0.1, -0.05) is 27.2 Å². The highest BCUT2D eigenvalue weighted by molar-refractivity contribution is 4.83. The molecule has 1 saturated heterocycles. The fraction of sp³-hybridized carbons (Fsp3) is 1.00. The van der Waals surface area contributed by atoms with Crippen molar-refractivity contribution >= 4 is 0 Å². The summed E-state index contributed by atoms with van der Waals surface area (Å²) in [5.41, 5.74) is 0. The molecule has 2 rings (SSSR count). The van der Waals surface area contributed by atoms with Crippen LogP contribution in [0.4, 0.5) is 0 Å². The van der Waals surface area contributed by atoms with Crippen molar-refractivity contribution in [2.75, 3.05) is 26.2 Å². The van der Waals surface area contributed by atoms with Gasteiger partial charge in [-0.25, -0.2) is 0 Å². The molecule has 2 fully saturated rings. The van der Waals surface area contributed by atoms with E-state index in [4.69, 9.17) is 0 Å². The Hall–Kier alpha value is -0.0800. The van der Waals surface area contributed by atoms with Gasteiger partial charge in [0.2, 0.25) is 0 Å². The second-order valence-electron chi connectivity index (χ2n) is 7.24. The summed E-state index contributed by atoms with van der Waals surface area (Å²) >= 11 is 0. The molecule has 2 aliphatic rings. The van der Waals surface area contributed by atoms with E-state index in [1.165, 1.54) is 64.7 Å². The molecule has 1 aliphatic carbocycles. The third kappa shape index (κ3) is 4.75. The van der Waals surface area contributed by atoms with E-state index in [-0.39, 0.29) is 0 Å². The smallest absolute Gasteiger partial charge is 0.0118 e. The first-order valence-electron chi connectivity index (χ1n) is 8.62. The molecule has 0 spiro atoms. The van der Waals surface area contributed by atoms with E-state index in [1.54, 1.807) is 0 Å². The SMILES string of the molecule is CC1CCN(CCCNC2C(C)CCCC2C)CC1. The Balaban J connectivity index is 1.58. The molecule has 0 amide bonds. The number of hydrogen-bond acceptors (Lipinski definition) is 2. The predicted octanol–water partition coefficient (Wildman–Crippen LogP) is 3.52. The Morgan fingerprint density at radius 2 is 1.58 bits per heavy atom. The second-order valence-corrected chi connectivity index (χ2v) is 7.24. The fourth-order valence-corrected chi connectivity index (χ4v) is 3.94. The molecule has 1 aliphatic heterocycles. The zero-order valence-corrected chi connectivity index (χ0v) is 13.3. The third-order valence-corrected chi connectivity index (χ3v) is 5.45. The molecule has 0 aromatic heterocycles. The molecule has 19 heavy (non-hydrogen) atoms. The summed E-state index contributed by atoms with van der Waals surface area (Å²) in [5.74, 6) is 2.71. The van der Waals surface area contributed by atoms with E-state index in [0.29, 0.717) is 0 Å². The summed E-state index contributed by atoms with van der Waals surface area (Å²) in [6.07, 6.45) is 8.42. The van der Waals surface area contributed by atoms with Gasteiger partial charge in [-0.05, 0) is 76.0 Å². The maximum atomic E-state index is 3.84. The molecular formula is C17H34N2. The average Bonchev–Trinajstić information content (AvgIpc) is 2.39. The van der Waals surface area contributed by atoms with Crippen LogP contribution >= 0.6 is 0 Å². The van der Waals surface area contributed by atoms with E-state index in [9.17, 15) is 0 Å². The van der Waals surface area contributed by atoms with Gasteiger partial charge in [0, 0.05) is 6.04 Å². The molecule has 0 aromatic rings. The van der Waals surface area contributed by atoms with Gasteiger partial charge in [-0.15, -0.1) is 0 Å². The lowest BCUT2D eigenvalue weighted by Crippen LogP contribution is -2.44. The van der Waals surface area contributed by atoms with Gasteiger partial charge in [-0.3, -0.25) is 0 Å². The molecule has 1 heterocycles. The number of nitrogens with one attached hydrogen (secondary N) is 1. The monoisotopic (exact) mass is 266 g/mol. The normalized spacial score (nSPS) is 34.6.